The molecule has 1 saturated carbocycles. The molecule has 1 fully saturated rings. The van der Waals surface area contributed by atoms with Crippen LogP contribution in [0.4, 0.5) is 8.78 Å². The number of rotatable bonds is 4. The van der Waals surface area contributed by atoms with Gasteiger partial charge in [0.25, 0.3) is 0 Å². The maximum Gasteiger partial charge on any atom is 0.135 e. The summed E-state index contributed by atoms with van der Waals surface area (Å²) in [7, 11) is 0. The van der Waals surface area contributed by atoms with E-state index in [1.54, 1.807) is 0 Å². The molecule has 0 spiro atoms. The number of halogens is 2. The lowest BCUT2D eigenvalue weighted by atomic mass is 9.66. The number of aliphatic hydroxyl groups excluding tert-OH is 1. The Bertz CT molecular complexity index is 1380. The number of hydrogen-bond acceptors (Lipinski definition) is 6. The van der Waals surface area contributed by atoms with Crippen LogP contribution in [-0.4, -0.2) is 38.3 Å². The van der Waals surface area contributed by atoms with Crippen LogP contribution < -0.4 is 0 Å². The first-order valence-corrected chi connectivity index (χ1v) is 11.4. The molecule has 0 saturated heterocycles. The molecule has 1 aromatic carbocycles. The first-order valence-electron chi connectivity index (χ1n) is 11.4. The molecule has 2 aromatic heterocycles. The number of nitrogens with zero attached hydrogens (tertiary/aromatic N) is 5. The van der Waals surface area contributed by atoms with Crippen molar-refractivity contribution in [1.29, 1.82) is 0 Å². The minimum absolute atomic E-state index is 0.126. The standard InChI is InChI=1S/C26H23F2N5O/c1-25(2)16-9-10-26(25,22-8-4-7-19(29-22)20-11-14(13-34)30-31-20)24-15(16)12-21(32-33-24)23-17(27)5-3-6-18(23)28/h3-8,12,16,34H,9-11,13H2,1-2H3/t16-,26-/m0/s1. The van der Waals surface area contributed by atoms with Crippen molar-refractivity contribution in [3.8, 4) is 11.3 Å². The second kappa shape index (κ2) is 7.30. The monoisotopic (exact) mass is 459 g/mol. The Hall–Kier alpha value is -3.39. The van der Waals surface area contributed by atoms with Gasteiger partial charge in [0.15, 0.2) is 0 Å². The predicted octanol–water partition coefficient (Wildman–Crippen LogP) is 4.56. The Balaban J connectivity index is 1.47. The highest BCUT2D eigenvalue weighted by Crippen LogP contribution is 2.69. The quantitative estimate of drug-likeness (QED) is 0.620. The van der Waals surface area contributed by atoms with E-state index in [0.29, 0.717) is 12.1 Å². The molecule has 0 unspecified atom stereocenters. The zero-order valence-corrected chi connectivity index (χ0v) is 18.9. The molecular weight excluding hydrogens is 436 g/mol. The van der Waals surface area contributed by atoms with E-state index >= 15 is 0 Å². The molecule has 8 heteroatoms. The van der Waals surface area contributed by atoms with E-state index in [9.17, 15) is 13.9 Å². The summed E-state index contributed by atoms with van der Waals surface area (Å²) in [6.07, 6.45) is 2.26. The summed E-state index contributed by atoms with van der Waals surface area (Å²) in [5.41, 5.74) is 4.15. The van der Waals surface area contributed by atoms with Crippen LogP contribution in [0.25, 0.3) is 11.3 Å². The third kappa shape index (κ3) is 2.72. The van der Waals surface area contributed by atoms with E-state index in [-0.39, 0.29) is 29.2 Å². The fourth-order valence-electron chi connectivity index (χ4n) is 6.21. The van der Waals surface area contributed by atoms with Gasteiger partial charge in [0.1, 0.15) is 11.6 Å². The van der Waals surface area contributed by atoms with Crippen molar-refractivity contribution in [2.45, 2.75) is 44.4 Å². The maximum atomic E-state index is 14.5. The van der Waals surface area contributed by atoms with Crippen LogP contribution in [0, 0.1) is 17.0 Å². The normalized spacial score (nSPS) is 24.2. The summed E-state index contributed by atoms with van der Waals surface area (Å²) in [6.45, 7) is 4.30. The first kappa shape index (κ1) is 21.2. The first-order chi connectivity index (χ1) is 16.4. The fourth-order valence-corrected chi connectivity index (χ4v) is 6.21. The van der Waals surface area contributed by atoms with Crippen LogP contribution >= 0.6 is 0 Å². The fraction of sp³-hybridized carbons (Fsp3) is 0.346. The van der Waals surface area contributed by atoms with Gasteiger partial charge in [0.05, 0.1) is 51.8 Å². The molecule has 3 aromatic rings. The molecular formula is C26H23F2N5O. The molecule has 3 aliphatic rings. The molecule has 2 bridgehead atoms. The van der Waals surface area contributed by atoms with Crippen molar-refractivity contribution in [2.75, 3.05) is 6.61 Å². The van der Waals surface area contributed by atoms with E-state index in [1.165, 1.54) is 18.2 Å². The zero-order valence-electron chi connectivity index (χ0n) is 18.9. The van der Waals surface area contributed by atoms with Crippen molar-refractivity contribution in [3.05, 3.63) is 76.7 Å². The summed E-state index contributed by atoms with van der Waals surface area (Å²) in [4.78, 5) is 5.00. The molecule has 0 radical (unpaired) electrons. The van der Waals surface area contributed by atoms with E-state index in [1.807, 2.05) is 24.3 Å². The minimum Gasteiger partial charge on any atom is -0.390 e. The van der Waals surface area contributed by atoms with Crippen LogP contribution in [-0.2, 0) is 5.41 Å². The lowest BCUT2D eigenvalue weighted by molar-refractivity contribution is 0.243. The lowest BCUT2D eigenvalue weighted by Crippen LogP contribution is -2.38. The van der Waals surface area contributed by atoms with Gasteiger partial charge in [-0.25, -0.2) is 8.78 Å². The molecule has 1 aliphatic heterocycles. The largest absolute Gasteiger partial charge is 0.390 e. The molecule has 172 valence electrons. The van der Waals surface area contributed by atoms with E-state index in [4.69, 9.17) is 4.98 Å². The van der Waals surface area contributed by atoms with E-state index in [0.717, 1.165) is 41.2 Å². The minimum atomic E-state index is -0.650. The number of fused-ring (bicyclic) bond motifs is 5. The number of benzene rings is 1. The maximum absolute atomic E-state index is 14.5. The van der Waals surface area contributed by atoms with Gasteiger partial charge in [-0.3, -0.25) is 4.98 Å². The number of pyridine rings is 1. The van der Waals surface area contributed by atoms with Crippen molar-refractivity contribution in [1.82, 2.24) is 15.2 Å². The zero-order chi connectivity index (χ0) is 23.7. The van der Waals surface area contributed by atoms with Crippen molar-refractivity contribution in [3.63, 3.8) is 0 Å². The molecule has 0 amide bonds. The Labute approximate surface area is 195 Å². The van der Waals surface area contributed by atoms with Crippen molar-refractivity contribution < 1.29 is 13.9 Å². The van der Waals surface area contributed by atoms with Gasteiger partial charge in [0.2, 0.25) is 0 Å². The highest BCUT2D eigenvalue weighted by molar-refractivity contribution is 6.14. The van der Waals surface area contributed by atoms with Gasteiger partial charge < -0.3 is 5.11 Å². The highest BCUT2D eigenvalue weighted by Gasteiger charge is 2.65. The number of hydrogen-bond donors (Lipinski definition) is 1. The smallest absolute Gasteiger partial charge is 0.135 e. The SMILES string of the molecule is CC1(C)[C@H]2CC[C@]1(c1cccc(C3=NN=C(CO)C3)n1)c1nnc(-c3c(F)cccc3F)cc12. The number of aliphatic hydroxyl groups is 1. The van der Waals surface area contributed by atoms with Crippen LogP contribution in [0.1, 0.15) is 61.7 Å². The Morgan fingerprint density at radius 1 is 1.00 bits per heavy atom. The predicted molar refractivity (Wildman–Crippen MR) is 124 cm³/mol. The molecule has 2 aliphatic carbocycles. The van der Waals surface area contributed by atoms with Crippen LogP contribution in [0.3, 0.4) is 0 Å². The Morgan fingerprint density at radius 2 is 1.76 bits per heavy atom. The van der Waals surface area contributed by atoms with Crippen LogP contribution in [0.15, 0.2) is 52.7 Å². The molecule has 6 rings (SSSR count). The highest BCUT2D eigenvalue weighted by atomic mass is 19.1. The molecule has 3 heterocycles. The van der Waals surface area contributed by atoms with Gasteiger partial charge in [-0.1, -0.05) is 26.0 Å². The summed E-state index contributed by atoms with van der Waals surface area (Å²) < 4.78 is 28.9. The summed E-state index contributed by atoms with van der Waals surface area (Å²) in [6, 6.07) is 11.5. The van der Waals surface area contributed by atoms with E-state index in [2.05, 4.69) is 34.2 Å². The average Bonchev–Trinajstić information content (AvgIpc) is 3.47. The molecule has 2 atom stereocenters. The van der Waals surface area contributed by atoms with Crippen molar-refractivity contribution >= 4 is 11.4 Å². The third-order valence-electron chi connectivity index (χ3n) is 7.95. The van der Waals surface area contributed by atoms with E-state index < -0.39 is 17.0 Å². The third-order valence-corrected chi connectivity index (χ3v) is 7.95. The van der Waals surface area contributed by atoms with Gasteiger partial charge in [-0.05, 0) is 60.1 Å². The Morgan fingerprint density at radius 3 is 2.50 bits per heavy atom. The molecule has 34 heavy (non-hydrogen) atoms. The van der Waals surface area contributed by atoms with Gasteiger partial charge >= 0.3 is 0 Å². The summed E-state index contributed by atoms with van der Waals surface area (Å²) in [5, 5.41) is 26.5. The molecule has 1 N–H and O–H groups in total. The van der Waals surface area contributed by atoms with Gasteiger partial charge in [-0.2, -0.15) is 15.3 Å². The van der Waals surface area contributed by atoms with Gasteiger partial charge in [0, 0.05) is 6.42 Å². The summed E-state index contributed by atoms with van der Waals surface area (Å²) in [5.74, 6) is -1.13. The number of aromatic nitrogens is 3. The van der Waals surface area contributed by atoms with Crippen LogP contribution in [0.2, 0.25) is 0 Å². The van der Waals surface area contributed by atoms with Crippen LogP contribution in [0.5, 0.6) is 0 Å². The second-order valence-corrected chi connectivity index (χ2v) is 9.80. The Kier molecular flexibility index (Phi) is 4.55. The summed E-state index contributed by atoms with van der Waals surface area (Å²) >= 11 is 0. The topological polar surface area (TPSA) is 83.6 Å². The lowest BCUT2D eigenvalue weighted by Gasteiger charge is -2.37. The van der Waals surface area contributed by atoms with Gasteiger partial charge in [-0.15, -0.1) is 5.10 Å². The molecule has 6 nitrogen and oxygen atoms in total. The second-order valence-electron chi connectivity index (χ2n) is 9.80. The van der Waals surface area contributed by atoms with Crippen molar-refractivity contribution in [2.24, 2.45) is 15.6 Å². The average molecular weight is 460 g/mol.